The number of hydrogen-bond acceptors (Lipinski definition) is 5. The molecule has 2 N–H and O–H groups in total. The topological polar surface area (TPSA) is 101 Å². The van der Waals surface area contributed by atoms with Crippen LogP contribution in [0.15, 0.2) is 16.9 Å². The van der Waals surface area contributed by atoms with Crippen molar-refractivity contribution in [3.05, 3.63) is 28.2 Å². The van der Waals surface area contributed by atoms with Crippen molar-refractivity contribution in [2.24, 2.45) is 0 Å². The molecule has 1 heterocycles. The zero-order valence-corrected chi connectivity index (χ0v) is 11.3. The molecular weight excluding hydrogens is 250 g/mol. The van der Waals surface area contributed by atoms with Crippen molar-refractivity contribution in [2.75, 3.05) is 0 Å². The third-order valence-electron chi connectivity index (χ3n) is 2.02. The molecule has 0 aliphatic carbocycles. The SMILES string of the molecule is C[C@@H](NC(=O)c1ccc(=O)[nH]n1)C(=O)OC(C)(C)C. The van der Waals surface area contributed by atoms with Gasteiger partial charge in [0.25, 0.3) is 11.5 Å². The normalized spacial score (nSPS) is 12.6. The van der Waals surface area contributed by atoms with Gasteiger partial charge in [0, 0.05) is 6.07 Å². The van der Waals surface area contributed by atoms with Crippen LogP contribution in [0.4, 0.5) is 0 Å². The molecule has 1 amide bonds. The van der Waals surface area contributed by atoms with Crippen molar-refractivity contribution < 1.29 is 14.3 Å². The summed E-state index contributed by atoms with van der Waals surface area (Å²) in [4.78, 5) is 34.2. The van der Waals surface area contributed by atoms with E-state index in [0.717, 1.165) is 0 Å². The van der Waals surface area contributed by atoms with Crippen LogP contribution >= 0.6 is 0 Å². The summed E-state index contributed by atoms with van der Waals surface area (Å²) in [6.07, 6.45) is 0. The number of carbonyl (C=O) groups is 2. The molecular formula is C12H17N3O4. The van der Waals surface area contributed by atoms with Crippen molar-refractivity contribution in [3.8, 4) is 0 Å². The molecule has 0 aromatic carbocycles. The van der Waals surface area contributed by atoms with Crippen LogP contribution in [0, 0.1) is 0 Å². The number of ether oxygens (including phenoxy) is 1. The first kappa shape index (κ1) is 14.9. The lowest BCUT2D eigenvalue weighted by Gasteiger charge is -2.22. The van der Waals surface area contributed by atoms with Crippen molar-refractivity contribution in [1.82, 2.24) is 15.5 Å². The van der Waals surface area contributed by atoms with E-state index in [0.29, 0.717) is 0 Å². The Morgan fingerprint density at radius 3 is 2.47 bits per heavy atom. The van der Waals surface area contributed by atoms with E-state index in [1.54, 1.807) is 20.8 Å². The number of esters is 1. The van der Waals surface area contributed by atoms with E-state index < -0.39 is 29.1 Å². The lowest BCUT2D eigenvalue weighted by Crippen LogP contribution is -2.42. The van der Waals surface area contributed by atoms with Gasteiger partial charge in [-0.05, 0) is 33.8 Å². The number of nitrogens with one attached hydrogen (secondary N) is 2. The maximum atomic E-state index is 11.7. The van der Waals surface area contributed by atoms with Crippen LogP contribution in [0.25, 0.3) is 0 Å². The Balaban J connectivity index is 2.64. The fourth-order valence-corrected chi connectivity index (χ4v) is 1.19. The molecule has 0 saturated carbocycles. The second kappa shape index (κ2) is 5.64. The number of carbonyl (C=O) groups excluding carboxylic acids is 2. The van der Waals surface area contributed by atoms with Crippen LogP contribution in [-0.4, -0.2) is 33.7 Å². The third-order valence-corrected chi connectivity index (χ3v) is 2.02. The van der Waals surface area contributed by atoms with Gasteiger partial charge in [-0.2, -0.15) is 5.10 Å². The molecule has 0 unspecified atom stereocenters. The summed E-state index contributed by atoms with van der Waals surface area (Å²) in [7, 11) is 0. The molecule has 0 aliphatic heterocycles. The number of aromatic amines is 1. The van der Waals surface area contributed by atoms with E-state index in [1.807, 2.05) is 0 Å². The first-order chi connectivity index (χ1) is 8.69. The maximum Gasteiger partial charge on any atom is 0.328 e. The number of nitrogens with zero attached hydrogens (tertiary/aromatic N) is 1. The Morgan fingerprint density at radius 2 is 2.00 bits per heavy atom. The van der Waals surface area contributed by atoms with Gasteiger partial charge < -0.3 is 10.1 Å². The summed E-state index contributed by atoms with van der Waals surface area (Å²) in [5, 5.41) is 8.14. The lowest BCUT2D eigenvalue weighted by molar-refractivity contribution is -0.156. The highest BCUT2D eigenvalue weighted by Crippen LogP contribution is 2.08. The molecule has 0 bridgehead atoms. The second-order valence-electron chi connectivity index (χ2n) is 5.04. The van der Waals surface area contributed by atoms with Crippen molar-refractivity contribution >= 4 is 11.9 Å². The van der Waals surface area contributed by atoms with Gasteiger partial charge in [0.15, 0.2) is 0 Å². The average Bonchev–Trinajstić information content (AvgIpc) is 2.27. The summed E-state index contributed by atoms with van der Waals surface area (Å²) in [5.74, 6) is -1.10. The zero-order chi connectivity index (χ0) is 14.6. The molecule has 7 nitrogen and oxygen atoms in total. The van der Waals surface area contributed by atoms with E-state index in [9.17, 15) is 14.4 Å². The molecule has 7 heteroatoms. The highest BCUT2D eigenvalue weighted by Gasteiger charge is 2.23. The molecule has 0 spiro atoms. The summed E-state index contributed by atoms with van der Waals surface area (Å²) >= 11 is 0. The minimum Gasteiger partial charge on any atom is -0.458 e. The molecule has 0 aliphatic rings. The van der Waals surface area contributed by atoms with Gasteiger partial charge in [-0.3, -0.25) is 9.59 Å². The Bertz CT molecular complexity index is 510. The average molecular weight is 267 g/mol. The van der Waals surface area contributed by atoms with Crippen LogP contribution in [0.5, 0.6) is 0 Å². The molecule has 0 fully saturated rings. The Labute approximate surface area is 110 Å². The smallest absolute Gasteiger partial charge is 0.328 e. The minimum atomic E-state index is -0.805. The van der Waals surface area contributed by atoms with Crippen molar-refractivity contribution in [3.63, 3.8) is 0 Å². The second-order valence-corrected chi connectivity index (χ2v) is 5.04. The van der Waals surface area contributed by atoms with Crippen molar-refractivity contribution in [2.45, 2.75) is 39.3 Å². The zero-order valence-electron chi connectivity index (χ0n) is 11.3. The first-order valence-electron chi connectivity index (χ1n) is 5.78. The molecule has 1 aromatic heterocycles. The van der Waals surface area contributed by atoms with E-state index in [-0.39, 0.29) is 5.69 Å². The monoisotopic (exact) mass is 267 g/mol. The van der Waals surface area contributed by atoms with Gasteiger partial charge in [-0.25, -0.2) is 9.89 Å². The number of aromatic nitrogens is 2. The van der Waals surface area contributed by atoms with Gasteiger partial charge in [-0.15, -0.1) is 0 Å². The van der Waals surface area contributed by atoms with E-state index >= 15 is 0 Å². The van der Waals surface area contributed by atoms with Gasteiger partial charge in [0.05, 0.1) is 0 Å². The van der Waals surface area contributed by atoms with Crippen LogP contribution in [0.1, 0.15) is 38.2 Å². The fraction of sp³-hybridized carbons (Fsp3) is 0.500. The van der Waals surface area contributed by atoms with Crippen LogP contribution < -0.4 is 10.9 Å². The summed E-state index contributed by atoms with van der Waals surface area (Å²) in [6, 6.07) is 1.65. The summed E-state index contributed by atoms with van der Waals surface area (Å²) in [5.41, 5.74) is -1.00. The Morgan fingerprint density at radius 1 is 1.37 bits per heavy atom. The van der Waals surface area contributed by atoms with Crippen molar-refractivity contribution in [1.29, 1.82) is 0 Å². The predicted octanol–water partition coefficient (Wildman–Crippen LogP) is 0.230. The molecule has 19 heavy (non-hydrogen) atoms. The quantitative estimate of drug-likeness (QED) is 0.763. The molecule has 104 valence electrons. The fourth-order valence-electron chi connectivity index (χ4n) is 1.19. The summed E-state index contributed by atoms with van der Waals surface area (Å²) < 4.78 is 5.12. The van der Waals surface area contributed by atoms with Crippen LogP contribution in [0.3, 0.4) is 0 Å². The van der Waals surface area contributed by atoms with E-state index in [2.05, 4.69) is 15.5 Å². The maximum absolute atomic E-state index is 11.7. The molecule has 1 rings (SSSR count). The standard InChI is InChI=1S/C12H17N3O4/c1-7(11(18)19-12(2,3)4)13-10(17)8-5-6-9(16)15-14-8/h5-7H,1-4H3,(H,13,17)(H,15,16)/t7-/m1/s1. The highest BCUT2D eigenvalue weighted by molar-refractivity contribution is 5.94. The van der Waals surface area contributed by atoms with Crippen LogP contribution in [0.2, 0.25) is 0 Å². The van der Waals surface area contributed by atoms with Gasteiger partial charge in [0.2, 0.25) is 0 Å². The largest absolute Gasteiger partial charge is 0.458 e. The van der Waals surface area contributed by atoms with Crippen LogP contribution in [-0.2, 0) is 9.53 Å². The Hall–Kier alpha value is -2.18. The molecule has 1 atom stereocenters. The number of rotatable bonds is 3. The first-order valence-corrected chi connectivity index (χ1v) is 5.78. The van der Waals surface area contributed by atoms with Gasteiger partial charge in [0.1, 0.15) is 17.3 Å². The minimum absolute atomic E-state index is 0.0232. The third kappa shape index (κ3) is 4.90. The highest BCUT2D eigenvalue weighted by atomic mass is 16.6. The number of hydrogen-bond donors (Lipinski definition) is 2. The lowest BCUT2D eigenvalue weighted by atomic mass is 10.2. The number of amides is 1. The predicted molar refractivity (Wildman–Crippen MR) is 67.6 cm³/mol. The molecule has 1 aromatic rings. The van der Waals surface area contributed by atoms with E-state index in [4.69, 9.17) is 4.74 Å². The Kier molecular flexibility index (Phi) is 4.42. The molecule has 0 radical (unpaired) electrons. The molecule has 0 saturated heterocycles. The van der Waals surface area contributed by atoms with Gasteiger partial charge >= 0.3 is 5.97 Å². The summed E-state index contributed by atoms with van der Waals surface area (Å²) in [6.45, 7) is 6.73. The van der Waals surface area contributed by atoms with E-state index in [1.165, 1.54) is 19.1 Å². The number of H-pyrrole nitrogens is 1. The van der Waals surface area contributed by atoms with Gasteiger partial charge in [-0.1, -0.05) is 0 Å².